The van der Waals surface area contributed by atoms with Gasteiger partial charge in [0.15, 0.2) is 0 Å². The van der Waals surface area contributed by atoms with Gasteiger partial charge in [-0.2, -0.15) is 22.0 Å². The molecule has 0 unspecified atom stereocenters. The average Bonchev–Trinajstić information content (AvgIpc) is 3.00. The fraction of sp³-hybridized carbons (Fsp3) is 0.714. The Morgan fingerprint density at radius 3 is 2.45 bits per heavy atom. The molecule has 0 amide bonds. The van der Waals surface area contributed by atoms with E-state index < -0.39 is 20.6 Å². The molecule has 0 aromatic heterocycles. The van der Waals surface area contributed by atoms with Crippen molar-refractivity contribution < 1.29 is 25.2 Å². The minimum absolute atomic E-state index is 0.0492. The second-order valence-electron chi connectivity index (χ2n) is 9.60. The van der Waals surface area contributed by atoms with Crippen LogP contribution in [0.15, 0.2) is 12.1 Å². The summed E-state index contributed by atoms with van der Waals surface area (Å²) in [4.78, 5) is 0. The Labute approximate surface area is 185 Å². The van der Waals surface area contributed by atoms with E-state index in [1.54, 1.807) is 0 Å². The third-order valence-electron chi connectivity index (χ3n) is 8.12. The highest BCUT2D eigenvalue weighted by atomic mass is 32.2. The van der Waals surface area contributed by atoms with Gasteiger partial charge in [0.1, 0.15) is 5.75 Å². The first kappa shape index (κ1) is 23.0. The smallest absolute Gasteiger partial charge is 0.371 e. The van der Waals surface area contributed by atoms with Crippen LogP contribution in [0, 0.1) is 23.2 Å². The van der Waals surface area contributed by atoms with E-state index in [2.05, 4.69) is 13.0 Å². The zero-order chi connectivity index (χ0) is 22.6. The number of aryl methyl sites for hydroxylation is 2. The highest BCUT2D eigenvalue weighted by Gasteiger charge is 2.54. The van der Waals surface area contributed by atoms with E-state index in [0.717, 1.165) is 49.7 Å². The molecule has 4 N–H and O–H groups in total. The van der Waals surface area contributed by atoms with Crippen LogP contribution in [0.3, 0.4) is 0 Å². The minimum atomic E-state index is -4.07. The summed E-state index contributed by atoms with van der Waals surface area (Å²) in [6.45, 7) is 4.42. The maximum absolute atomic E-state index is 11.5. The van der Waals surface area contributed by atoms with Gasteiger partial charge in [0.05, 0.1) is 6.61 Å². The monoisotopic (exact) mass is 472 g/mol. The first-order valence-corrected chi connectivity index (χ1v) is 13.9. The molecule has 2 fully saturated rings. The molecule has 174 valence electrons. The van der Waals surface area contributed by atoms with Crippen molar-refractivity contribution in [2.24, 2.45) is 33.4 Å². The van der Waals surface area contributed by atoms with Crippen molar-refractivity contribution in [3.05, 3.63) is 28.8 Å². The lowest BCUT2D eigenvalue weighted by Gasteiger charge is -2.51. The maximum atomic E-state index is 11.5. The lowest BCUT2D eigenvalue weighted by Crippen LogP contribution is -2.43. The highest BCUT2D eigenvalue weighted by Crippen LogP contribution is 2.63. The molecular weight excluding hydrogens is 440 g/mol. The third kappa shape index (κ3) is 4.50. The molecule has 0 radical (unpaired) electrons. The second-order valence-corrected chi connectivity index (χ2v) is 12.0. The van der Waals surface area contributed by atoms with E-state index in [0.29, 0.717) is 29.9 Å². The Hall–Kier alpha value is -1.20. The van der Waals surface area contributed by atoms with Gasteiger partial charge in [-0.3, -0.25) is 4.18 Å². The van der Waals surface area contributed by atoms with Crippen LogP contribution >= 0.6 is 0 Å². The molecule has 3 aliphatic rings. The summed E-state index contributed by atoms with van der Waals surface area (Å²) >= 11 is 0. The molecule has 0 heterocycles. The van der Waals surface area contributed by atoms with E-state index in [-0.39, 0.29) is 17.9 Å². The summed E-state index contributed by atoms with van der Waals surface area (Å²) in [5.74, 6) is 1.99. The summed E-state index contributed by atoms with van der Waals surface area (Å²) in [6, 6.07) is 3.98. The number of benzene rings is 1. The Kier molecular flexibility index (Phi) is 5.92. The van der Waals surface area contributed by atoms with Gasteiger partial charge in [0, 0.05) is 0 Å². The summed E-state index contributed by atoms with van der Waals surface area (Å²) < 4.78 is 55.6. The molecule has 0 aliphatic heterocycles. The summed E-state index contributed by atoms with van der Waals surface area (Å²) in [6.07, 6.45) is 6.60. The van der Waals surface area contributed by atoms with E-state index >= 15 is 0 Å². The van der Waals surface area contributed by atoms with Crippen molar-refractivity contribution >= 4 is 20.6 Å². The van der Waals surface area contributed by atoms with E-state index in [9.17, 15) is 16.8 Å². The normalized spacial score (nSPS) is 32.8. The van der Waals surface area contributed by atoms with E-state index in [4.69, 9.17) is 18.6 Å². The zero-order valence-corrected chi connectivity index (χ0v) is 19.7. The van der Waals surface area contributed by atoms with Crippen molar-refractivity contribution in [3.63, 3.8) is 0 Å². The standard InChI is InChI=1S/C21H32N2O6S2/c1-3-13-10-18-14(11-20(13)29-31(23,26)27)4-6-17-16(18)8-9-21(2)15(5-7-19(17)21)12-28-30(22,24)25/h10-11,15-17,19H,3-9,12H2,1-2H3,(H2,22,24,25)(H2,23,26,27)/t15-,16+,17-,19+,21-/m1/s1. The lowest BCUT2D eigenvalue weighted by molar-refractivity contribution is 0.0143. The van der Waals surface area contributed by atoms with Crippen LogP contribution in [-0.2, 0) is 37.6 Å². The molecule has 1 aromatic rings. The quantitative estimate of drug-likeness (QED) is 0.652. The van der Waals surface area contributed by atoms with Gasteiger partial charge in [-0.25, -0.2) is 5.14 Å². The van der Waals surface area contributed by atoms with Gasteiger partial charge >= 0.3 is 20.6 Å². The molecule has 4 rings (SSSR count). The van der Waals surface area contributed by atoms with Gasteiger partial charge in [-0.1, -0.05) is 19.9 Å². The zero-order valence-electron chi connectivity index (χ0n) is 18.0. The fourth-order valence-corrected chi connectivity index (χ4v) is 7.44. The van der Waals surface area contributed by atoms with Crippen LogP contribution in [0.25, 0.3) is 0 Å². The molecule has 1 aromatic carbocycles. The Balaban J connectivity index is 1.60. The Morgan fingerprint density at radius 1 is 1.06 bits per heavy atom. The summed E-state index contributed by atoms with van der Waals surface area (Å²) in [7, 11) is -7.99. The van der Waals surface area contributed by atoms with Crippen molar-refractivity contribution in [1.82, 2.24) is 0 Å². The molecule has 31 heavy (non-hydrogen) atoms. The first-order chi connectivity index (χ1) is 14.4. The predicted molar refractivity (Wildman–Crippen MR) is 117 cm³/mol. The molecule has 0 spiro atoms. The van der Waals surface area contributed by atoms with Crippen LogP contribution in [0.1, 0.15) is 68.6 Å². The lowest BCUT2D eigenvalue weighted by atomic mass is 9.54. The highest BCUT2D eigenvalue weighted by molar-refractivity contribution is 7.84. The Morgan fingerprint density at radius 2 is 1.81 bits per heavy atom. The largest absolute Gasteiger partial charge is 0.380 e. The fourth-order valence-electron chi connectivity index (χ4n) is 6.68. The minimum Gasteiger partial charge on any atom is -0.371 e. The summed E-state index contributed by atoms with van der Waals surface area (Å²) in [5.41, 5.74) is 3.36. The van der Waals surface area contributed by atoms with E-state index in [1.807, 2.05) is 13.0 Å². The Bertz CT molecular complexity index is 1070. The molecule has 0 bridgehead atoms. The SMILES string of the molecule is CCc1cc2c(cc1OS(N)(=O)=O)CC[C@@H]1[C@@H]2CC[C@]2(C)[C@@H](COS(N)(=O)=O)CC[C@@H]12. The average molecular weight is 473 g/mol. The topological polar surface area (TPSA) is 139 Å². The van der Waals surface area contributed by atoms with Gasteiger partial charge in [0.25, 0.3) is 0 Å². The predicted octanol–water partition coefficient (Wildman–Crippen LogP) is 2.52. The number of hydrogen-bond donors (Lipinski definition) is 2. The van der Waals surface area contributed by atoms with Crippen LogP contribution in [0.5, 0.6) is 5.75 Å². The molecule has 2 saturated carbocycles. The van der Waals surface area contributed by atoms with Crippen molar-refractivity contribution in [2.75, 3.05) is 6.61 Å². The molecule has 0 saturated heterocycles. The molecule has 5 atom stereocenters. The van der Waals surface area contributed by atoms with Crippen molar-refractivity contribution in [1.29, 1.82) is 0 Å². The van der Waals surface area contributed by atoms with Gasteiger partial charge < -0.3 is 4.18 Å². The number of fused-ring (bicyclic) bond motifs is 5. The molecular formula is C21H32N2O6S2. The number of rotatable bonds is 6. The van der Waals surface area contributed by atoms with Gasteiger partial charge in [-0.15, -0.1) is 0 Å². The van der Waals surface area contributed by atoms with E-state index in [1.165, 1.54) is 5.56 Å². The first-order valence-electron chi connectivity index (χ1n) is 11.0. The third-order valence-corrected chi connectivity index (χ3v) is 9.00. The van der Waals surface area contributed by atoms with Crippen LogP contribution < -0.4 is 14.5 Å². The number of nitrogens with two attached hydrogens (primary N) is 2. The molecule has 10 heteroatoms. The number of hydrogen-bond acceptors (Lipinski definition) is 6. The van der Waals surface area contributed by atoms with Gasteiger partial charge in [-0.05, 0) is 96.8 Å². The molecule has 3 aliphatic carbocycles. The maximum Gasteiger partial charge on any atom is 0.380 e. The van der Waals surface area contributed by atoms with Crippen molar-refractivity contribution in [3.8, 4) is 5.75 Å². The summed E-state index contributed by atoms with van der Waals surface area (Å²) in [5, 5.41) is 10.2. The van der Waals surface area contributed by atoms with Crippen LogP contribution in [0.2, 0.25) is 0 Å². The van der Waals surface area contributed by atoms with Crippen LogP contribution in [0.4, 0.5) is 0 Å². The van der Waals surface area contributed by atoms with Gasteiger partial charge in [0.2, 0.25) is 0 Å². The second kappa shape index (κ2) is 7.98. The van der Waals surface area contributed by atoms with Crippen LogP contribution in [-0.4, -0.2) is 23.4 Å². The van der Waals surface area contributed by atoms with Crippen molar-refractivity contribution in [2.45, 2.75) is 64.7 Å². The molecule has 8 nitrogen and oxygen atoms in total.